The molecule has 4 rings (SSSR count). The third kappa shape index (κ3) is 6.18. The SMILES string of the molecule is CC(=O)Cc1cc(=O)c2c(C)cc(O)c(O[C@@H]3O[C@H](CO)[C@@H](O)[C@H](O)[C@H]3OC(=O)/C=C/c3ccccc3)c2o1. The lowest BCUT2D eigenvalue weighted by Crippen LogP contribution is -2.61. The van der Waals surface area contributed by atoms with Crippen molar-refractivity contribution < 1.29 is 48.6 Å². The van der Waals surface area contributed by atoms with Crippen LogP contribution in [-0.4, -0.2) is 69.5 Å². The van der Waals surface area contributed by atoms with Gasteiger partial charge in [0.15, 0.2) is 22.9 Å². The molecule has 5 atom stereocenters. The van der Waals surface area contributed by atoms with Crippen LogP contribution in [0.3, 0.4) is 0 Å². The zero-order valence-corrected chi connectivity index (χ0v) is 21.1. The van der Waals surface area contributed by atoms with Gasteiger partial charge in [-0.3, -0.25) is 9.59 Å². The predicted molar refractivity (Wildman–Crippen MR) is 137 cm³/mol. The summed E-state index contributed by atoms with van der Waals surface area (Å²) in [7, 11) is 0. The lowest BCUT2D eigenvalue weighted by atomic mass is 9.99. The molecular weight excluding hydrogens is 512 g/mol. The van der Waals surface area contributed by atoms with Gasteiger partial charge in [-0.2, -0.15) is 0 Å². The molecule has 11 nitrogen and oxygen atoms in total. The first-order chi connectivity index (χ1) is 18.6. The van der Waals surface area contributed by atoms with Crippen LogP contribution in [0, 0.1) is 6.92 Å². The van der Waals surface area contributed by atoms with E-state index in [4.69, 9.17) is 18.6 Å². The number of carbonyl (C=O) groups is 2. The molecule has 0 amide bonds. The number of carbonyl (C=O) groups excluding carboxylic acids is 2. The molecule has 1 aliphatic heterocycles. The average Bonchev–Trinajstić information content (AvgIpc) is 2.88. The van der Waals surface area contributed by atoms with Crippen molar-refractivity contribution in [3.63, 3.8) is 0 Å². The van der Waals surface area contributed by atoms with Crippen LogP contribution in [0.15, 0.2) is 57.8 Å². The Kier molecular flexibility index (Phi) is 8.46. The molecule has 11 heteroatoms. The molecule has 0 radical (unpaired) electrons. The molecule has 0 unspecified atom stereocenters. The first-order valence-electron chi connectivity index (χ1n) is 12.1. The fourth-order valence-electron chi connectivity index (χ4n) is 4.28. The minimum absolute atomic E-state index is 0.0251. The number of esters is 1. The largest absolute Gasteiger partial charge is 0.504 e. The Morgan fingerprint density at radius 2 is 1.82 bits per heavy atom. The highest BCUT2D eigenvalue weighted by Gasteiger charge is 2.48. The monoisotopic (exact) mass is 540 g/mol. The summed E-state index contributed by atoms with van der Waals surface area (Å²) in [6, 6.07) is 11.3. The van der Waals surface area contributed by atoms with E-state index in [2.05, 4.69) is 0 Å². The van der Waals surface area contributed by atoms with E-state index in [1.807, 2.05) is 6.07 Å². The van der Waals surface area contributed by atoms with E-state index in [1.165, 1.54) is 25.1 Å². The number of Topliss-reactive ketones (excluding diaryl/α,β-unsaturated/α-hetero) is 1. The van der Waals surface area contributed by atoms with Crippen molar-refractivity contribution in [2.75, 3.05) is 6.61 Å². The van der Waals surface area contributed by atoms with E-state index in [0.29, 0.717) is 11.1 Å². The number of phenolic OH excluding ortho intramolecular Hbond substituents is 1. The molecule has 1 aromatic heterocycles. The number of hydrogen-bond acceptors (Lipinski definition) is 11. The zero-order chi connectivity index (χ0) is 28.3. The molecule has 206 valence electrons. The van der Waals surface area contributed by atoms with Crippen LogP contribution < -0.4 is 10.2 Å². The summed E-state index contributed by atoms with van der Waals surface area (Å²) in [5, 5.41) is 41.6. The Morgan fingerprint density at radius 3 is 2.49 bits per heavy atom. The Labute approximate surface area is 222 Å². The lowest BCUT2D eigenvalue weighted by Gasteiger charge is -2.41. The molecule has 4 N–H and O–H groups in total. The van der Waals surface area contributed by atoms with E-state index >= 15 is 0 Å². The highest BCUT2D eigenvalue weighted by molar-refractivity contribution is 5.89. The van der Waals surface area contributed by atoms with Crippen LogP contribution in [0.25, 0.3) is 17.0 Å². The van der Waals surface area contributed by atoms with Gasteiger partial charge in [-0.05, 0) is 37.1 Å². The summed E-state index contributed by atoms with van der Waals surface area (Å²) >= 11 is 0. The first-order valence-corrected chi connectivity index (χ1v) is 12.1. The Hall–Kier alpha value is -4.03. The van der Waals surface area contributed by atoms with Gasteiger partial charge in [0.2, 0.25) is 12.0 Å². The van der Waals surface area contributed by atoms with Gasteiger partial charge in [0, 0.05) is 12.1 Å². The second-order valence-electron chi connectivity index (χ2n) is 9.17. The quantitative estimate of drug-likeness (QED) is 0.240. The third-order valence-electron chi connectivity index (χ3n) is 6.13. The minimum Gasteiger partial charge on any atom is -0.504 e. The molecule has 0 saturated carbocycles. The van der Waals surface area contributed by atoms with Crippen molar-refractivity contribution in [1.29, 1.82) is 0 Å². The number of aromatic hydroxyl groups is 1. The van der Waals surface area contributed by atoms with Gasteiger partial charge < -0.3 is 39.1 Å². The molecule has 1 saturated heterocycles. The maximum Gasteiger partial charge on any atom is 0.331 e. The highest BCUT2D eigenvalue weighted by atomic mass is 16.7. The molecule has 2 aromatic carbocycles. The lowest BCUT2D eigenvalue weighted by molar-refractivity contribution is -0.281. The van der Waals surface area contributed by atoms with Crippen molar-refractivity contribution in [2.24, 2.45) is 0 Å². The minimum atomic E-state index is -1.76. The number of rotatable bonds is 8. The van der Waals surface area contributed by atoms with Gasteiger partial charge in [-0.15, -0.1) is 0 Å². The molecule has 39 heavy (non-hydrogen) atoms. The molecule has 0 spiro atoms. The second-order valence-corrected chi connectivity index (χ2v) is 9.17. The number of hydrogen-bond donors (Lipinski definition) is 4. The number of ether oxygens (including phenoxy) is 3. The standard InChI is InChI=1S/C28H28O11/c1-14-10-19(32)25(26-22(14)18(31)12-17(36-26)11-15(2)30)39-28-27(24(35)23(34)20(13-29)37-28)38-21(33)9-8-16-6-4-3-5-7-16/h3-10,12,20,23-24,27-29,32,34-35H,11,13H2,1-2H3/b9-8+/t20-,23-,24+,27-,28+/m1/s1. The van der Waals surface area contributed by atoms with E-state index in [9.17, 15) is 34.8 Å². The fourth-order valence-corrected chi connectivity index (χ4v) is 4.28. The van der Waals surface area contributed by atoms with E-state index < -0.39 is 54.5 Å². The van der Waals surface area contributed by atoms with Crippen LogP contribution in [0.1, 0.15) is 23.8 Å². The number of aliphatic hydroxyl groups is 3. The van der Waals surface area contributed by atoms with Crippen LogP contribution in [0.5, 0.6) is 11.5 Å². The molecular formula is C28H28O11. The molecule has 3 aromatic rings. The van der Waals surface area contributed by atoms with Crippen LogP contribution >= 0.6 is 0 Å². The second kappa shape index (κ2) is 11.8. The van der Waals surface area contributed by atoms with Gasteiger partial charge in [0.25, 0.3) is 0 Å². The summed E-state index contributed by atoms with van der Waals surface area (Å²) in [6.45, 7) is 2.17. The van der Waals surface area contributed by atoms with Gasteiger partial charge in [0.05, 0.1) is 18.4 Å². The van der Waals surface area contributed by atoms with Gasteiger partial charge in [0.1, 0.15) is 29.9 Å². The van der Waals surface area contributed by atoms with Crippen molar-refractivity contribution in [2.45, 2.75) is 51.0 Å². The maximum absolute atomic E-state index is 12.8. The third-order valence-corrected chi connectivity index (χ3v) is 6.13. The smallest absolute Gasteiger partial charge is 0.331 e. The van der Waals surface area contributed by atoms with Crippen LogP contribution in [0.4, 0.5) is 0 Å². The molecule has 2 heterocycles. The van der Waals surface area contributed by atoms with Crippen molar-refractivity contribution in [1.82, 2.24) is 0 Å². The Balaban J connectivity index is 1.71. The topological polar surface area (TPSA) is 173 Å². The normalized spacial score (nSPS) is 23.2. The fraction of sp³-hybridized carbons (Fsp3) is 0.321. The number of ketones is 1. The molecule has 1 fully saturated rings. The summed E-state index contributed by atoms with van der Waals surface area (Å²) in [5.74, 6) is -2.00. The molecule has 1 aliphatic rings. The summed E-state index contributed by atoms with van der Waals surface area (Å²) in [6.07, 6.45) is -5.62. The molecule has 0 aliphatic carbocycles. The van der Waals surface area contributed by atoms with E-state index in [0.717, 1.165) is 6.08 Å². The van der Waals surface area contributed by atoms with Crippen molar-refractivity contribution >= 4 is 28.8 Å². The Morgan fingerprint density at radius 1 is 1.10 bits per heavy atom. The number of benzene rings is 2. The summed E-state index contributed by atoms with van der Waals surface area (Å²) in [5.41, 5.74) is 0.378. The first kappa shape index (κ1) is 28.0. The number of aliphatic hydroxyl groups excluding tert-OH is 3. The highest BCUT2D eigenvalue weighted by Crippen LogP contribution is 2.39. The average molecular weight is 541 g/mol. The zero-order valence-electron chi connectivity index (χ0n) is 21.1. The number of aryl methyl sites for hydroxylation is 1. The maximum atomic E-state index is 12.8. The molecule has 0 bridgehead atoms. The van der Waals surface area contributed by atoms with Crippen molar-refractivity contribution in [3.8, 4) is 11.5 Å². The number of phenols is 1. The van der Waals surface area contributed by atoms with Gasteiger partial charge >= 0.3 is 5.97 Å². The van der Waals surface area contributed by atoms with Gasteiger partial charge in [-0.1, -0.05) is 30.3 Å². The van der Waals surface area contributed by atoms with Crippen molar-refractivity contribution in [3.05, 3.63) is 75.7 Å². The van der Waals surface area contributed by atoms with Crippen LogP contribution in [-0.2, 0) is 25.5 Å². The van der Waals surface area contributed by atoms with Crippen LogP contribution in [0.2, 0.25) is 0 Å². The predicted octanol–water partition coefficient (Wildman–Crippen LogP) is 1.38. The summed E-state index contributed by atoms with van der Waals surface area (Å²) in [4.78, 5) is 37.1. The number of fused-ring (bicyclic) bond motifs is 1. The summed E-state index contributed by atoms with van der Waals surface area (Å²) < 4.78 is 22.5. The Bertz CT molecular complexity index is 1440. The van der Waals surface area contributed by atoms with E-state index in [-0.39, 0.29) is 34.7 Å². The van der Waals surface area contributed by atoms with Gasteiger partial charge in [-0.25, -0.2) is 4.79 Å². The van der Waals surface area contributed by atoms with E-state index in [1.54, 1.807) is 31.2 Å².